The number of esters is 1. The summed E-state index contributed by atoms with van der Waals surface area (Å²) < 4.78 is 5.21. The Morgan fingerprint density at radius 1 is 1.26 bits per heavy atom. The van der Waals surface area contributed by atoms with Crippen molar-refractivity contribution in [2.24, 2.45) is 4.99 Å². The van der Waals surface area contributed by atoms with Crippen molar-refractivity contribution < 1.29 is 14.3 Å². The zero-order valence-corrected chi connectivity index (χ0v) is 17.0. The van der Waals surface area contributed by atoms with E-state index in [1.165, 1.54) is 4.90 Å². The summed E-state index contributed by atoms with van der Waals surface area (Å²) in [6.07, 6.45) is 1.90. The molecule has 0 aromatic heterocycles. The van der Waals surface area contributed by atoms with Gasteiger partial charge in [0.05, 0.1) is 6.42 Å². The number of guanidine groups is 1. The van der Waals surface area contributed by atoms with Crippen LogP contribution in [0.15, 0.2) is 17.6 Å². The van der Waals surface area contributed by atoms with Crippen molar-refractivity contribution in [3.05, 3.63) is 12.7 Å². The summed E-state index contributed by atoms with van der Waals surface area (Å²) in [7, 11) is 3.34. The van der Waals surface area contributed by atoms with Gasteiger partial charge in [0, 0.05) is 27.2 Å². The van der Waals surface area contributed by atoms with Gasteiger partial charge in [0.15, 0.2) is 5.96 Å². The molecule has 0 bridgehead atoms. The number of hydrogen-bond donors (Lipinski definition) is 2. The molecule has 0 aliphatic rings. The highest BCUT2D eigenvalue weighted by atomic mass is 127. The van der Waals surface area contributed by atoms with Gasteiger partial charge in [-0.1, -0.05) is 6.08 Å². The summed E-state index contributed by atoms with van der Waals surface area (Å²) in [6, 6.07) is 0. The highest BCUT2D eigenvalue weighted by Gasteiger charge is 2.15. The quantitative estimate of drug-likeness (QED) is 0.204. The van der Waals surface area contributed by atoms with E-state index in [1.54, 1.807) is 20.2 Å². The van der Waals surface area contributed by atoms with Gasteiger partial charge in [0.25, 0.3) is 0 Å². The Kier molecular flexibility index (Phi) is 12.6. The van der Waals surface area contributed by atoms with Crippen molar-refractivity contribution in [1.82, 2.24) is 15.5 Å². The van der Waals surface area contributed by atoms with Crippen LogP contribution in [0.3, 0.4) is 0 Å². The lowest BCUT2D eigenvalue weighted by Gasteiger charge is -2.19. The first-order chi connectivity index (χ1) is 10.2. The van der Waals surface area contributed by atoms with Gasteiger partial charge in [0.1, 0.15) is 12.1 Å². The van der Waals surface area contributed by atoms with Crippen LogP contribution in [0.4, 0.5) is 0 Å². The molecule has 0 saturated heterocycles. The maximum atomic E-state index is 11.6. The van der Waals surface area contributed by atoms with Gasteiger partial charge in [-0.3, -0.25) is 9.59 Å². The first kappa shape index (κ1) is 23.9. The Balaban J connectivity index is 0. The lowest BCUT2D eigenvalue weighted by Crippen LogP contribution is -2.40. The van der Waals surface area contributed by atoms with Gasteiger partial charge >= 0.3 is 5.97 Å². The average molecular weight is 440 g/mol. The number of aliphatic imine (C=N–C) groups is 1. The molecule has 23 heavy (non-hydrogen) atoms. The van der Waals surface area contributed by atoms with Crippen LogP contribution in [0.25, 0.3) is 0 Å². The molecule has 0 spiro atoms. The lowest BCUT2D eigenvalue weighted by atomic mass is 10.2. The number of nitrogens with one attached hydrogen (secondary N) is 2. The highest BCUT2D eigenvalue weighted by Crippen LogP contribution is 2.07. The van der Waals surface area contributed by atoms with E-state index in [4.69, 9.17) is 4.74 Å². The van der Waals surface area contributed by atoms with Crippen LogP contribution in [-0.4, -0.2) is 62.1 Å². The molecule has 0 rings (SSSR count). The van der Waals surface area contributed by atoms with Crippen LogP contribution in [0.5, 0.6) is 0 Å². The van der Waals surface area contributed by atoms with Crippen LogP contribution in [-0.2, 0) is 14.3 Å². The van der Waals surface area contributed by atoms with Gasteiger partial charge in [-0.2, -0.15) is 0 Å². The molecule has 8 heteroatoms. The number of carbonyl (C=O) groups excluding carboxylic acids is 2. The fourth-order valence-corrected chi connectivity index (χ4v) is 1.31. The normalized spacial score (nSPS) is 11.1. The van der Waals surface area contributed by atoms with Crippen molar-refractivity contribution in [2.45, 2.75) is 32.8 Å². The second-order valence-electron chi connectivity index (χ2n) is 5.89. The minimum Gasteiger partial charge on any atom is -0.460 e. The number of carbonyl (C=O) groups is 2. The van der Waals surface area contributed by atoms with Crippen LogP contribution in [0.1, 0.15) is 27.2 Å². The zero-order chi connectivity index (χ0) is 17.2. The molecule has 0 atom stereocenters. The summed E-state index contributed by atoms with van der Waals surface area (Å²) in [5, 5.41) is 5.97. The van der Waals surface area contributed by atoms with Crippen molar-refractivity contribution in [3.63, 3.8) is 0 Å². The van der Waals surface area contributed by atoms with Gasteiger partial charge in [-0.25, -0.2) is 4.99 Å². The Morgan fingerprint density at radius 2 is 1.87 bits per heavy atom. The summed E-state index contributed by atoms with van der Waals surface area (Å²) in [4.78, 5) is 28.8. The first-order valence-corrected chi connectivity index (χ1v) is 7.21. The Hall–Kier alpha value is -1.32. The molecule has 0 saturated carbocycles. The Morgan fingerprint density at radius 3 is 2.35 bits per heavy atom. The topological polar surface area (TPSA) is 83.0 Å². The van der Waals surface area contributed by atoms with Crippen LogP contribution < -0.4 is 10.6 Å². The van der Waals surface area contributed by atoms with Crippen molar-refractivity contribution in [1.29, 1.82) is 0 Å². The number of likely N-dealkylation sites (N-methyl/N-ethyl adjacent to an activating group) is 1. The van der Waals surface area contributed by atoms with Crippen LogP contribution in [0.2, 0.25) is 0 Å². The fourth-order valence-electron chi connectivity index (χ4n) is 1.31. The monoisotopic (exact) mass is 440 g/mol. The molecular formula is C15H29IN4O3. The number of rotatable bonds is 7. The van der Waals surface area contributed by atoms with E-state index >= 15 is 0 Å². The number of hydrogen-bond acceptors (Lipinski definition) is 4. The summed E-state index contributed by atoms with van der Waals surface area (Å²) in [6.45, 7) is 9.99. The molecule has 0 aliphatic carbocycles. The van der Waals surface area contributed by atoms with E-state index in [1.807, 2.05) is 20.8 Å². The summed E-state index contributed by atoms with van der Waals surface area (Å²) >= 11 is 0. The van der Waals surface area contributed by atoms with Crippen molar-refractivity contribution in [3.8, 4) is 0 Å². The maximum Gasteiger partial charge on any atom is 0.308 e. The van der Waals surface area contributed by atoms with E-state index in [0.29, 0.717) is 19.0 Å². The SMILES string of the molecule is C=CCNC(=NCC(=O)N(C)C)NCCC(=O)OC(C)(C)C.I. The first-order valence-electron chi connectivity index (χ1n) is 7.21. The molecule has 7 nitrogen and oxygen atoms in total. The van der Waals surface area contributed by atoms with Gasteiger partial charge in [-0.05, 0) is 20.8 Å². The predicted octanol–water partition coefficient (Wildman–Crippen LogP) is 1.15. The number of halogens is 1. The molecule has 1 amide bonds. The number of nitrogens with zero attached hydrogens (tertiary/aromatic N) is 2. The Bertz CT molecular complexity index is 417. The van der Waals surface area contributed by atoms with Crippen LogP contribution >= 0.6 is 24.0 Å². The minimum absolute atomic E-state index is 0. The number of ether oxygens (including phenoxy) is 1. The molecule has 134 valence electrons. The van der Waals surface area contributed by atoms with Crippen molar-refractivity contribution >= 4 is 41.8 Å². The molecule has 0 radical (unpaired) electrons. The summed E-state index contributed by atoms with van der Waals surface area (Å²) in [5.74, 6) is 0.0675. The molecule has 0 aliphatic heterocycles. The lowest BCUT2D eigenvalue weighted by molar-refractivity contribution is -0.154. The molecule has 0 aromatic rings. The van der Waals surface area contributed by atoms with E-state index in [2.05, 4.69) is 22.2 Å². The highest BCUT2D eigenvalue weighted by molar-refractivity contribution is 14.0. The third-order valence-corrected chi connectivity index (χ3v) is 2.33. The Labute approximate surface area is 155 Å². The fraction of sp³-hybridized carbons (Fsp3) is 0.667. The molecule has 0 fully saturated rings. The van der Waals surface area contributed by atoms with Gasteiger partial charge in [-0.15, -0.1) is 30.6 Å². The van der Waals surface area contributed by atoms with E-state index < -0.39 is 5.60 Å². The third-order valence-electron chi connectivity index (χ3n) is 2.33. The van der Waals surface area contributed by atoms with E-state index in [0.717, 1.165) is 0 Å². The summed E-state index contributed by atoms with van der Waals surface area (Å²) in [5.41, 5.74) is -0.493. The molecule has 2 N–H and O–H groups in total. The van der Waals surface area contributed by atoms with Gasteiger partial charge < -0.3 is 20.3 Å². The van der Waals surface area contributed by atoms with Crippen LogP contribution in [0, 0.1) is 0 Å². The largest absolute Gasteiger partial charge is 0.460 e. The average Bonchev–Trinajstić information content (AvgIpc) is 2.38. The number of amides is 1. The third kappa shape index (κ3) is 14.0. The van der Waals surface area contributed by atoms with E-state index in [9.17, 15) is 9.59 Å². The maximum absolute atomic E-state index is 11.6. The molecule has 0 unspecified atom stereocenters. The molecule has 0 heterocycles. The minimum atomic E-state index is -0.493. The standard InChI is InChI=1S/C15H28N4O3.HI/c1-7-9-16-14(18-11-12(20)19(5)6)17-10-8-13(21)22-15(2,3)4;/h7H,1,8-11H2,2-6H3,(H2,16,17,18);1H. The zero-order valence-electron chi connectivity index (χ0n) is 14.6. The second kappa shape index (κ2) is 12.1. The predicted molar refractivity (Wildman–Crippen MR) is 103 cm³/mol. The van der Waals surface area contributed by atoms with E-state index in [-0.39, 0.29) is 48.8 Å². The van der Waals surface area contributed by atoms with Gasteiger partial charge in [0.2, 0.25) is 5.91 Å². The second-order valence-corrected chi connectivity index (χ2v) is 5.89. The molecule has 0 aromatic carbocycles. The smallest absolute Gasteiger partial charge is 0.308 e. The molecular weight excluding hydrogens is 411 g/mol. The van der Waals surface area contributed by atoms with Crippen molar-refractivity contribution in [2.75, 3.05) is 33.7 Å².